The van der Waals surface area contributed by atoms with Gasteiger partial charge in [0.05, 0.1) is 13.2 Å². The zero-order valence-electron chi connectivity index (χ0n) is 7.66. The first kappa shape index (κ1) is 19.1. The number of nitrogens with one attached hydrogen (secondary N) is 2. The Bertz CT molecular complexity index is 71.5. The lowest BCUT2D eigenvalue weighted by atomic mass is 10.4. The molecule has 4 nitrogen and oxygen atoms in total. The molecule has 6 heteroatoms. The van der Waals surface area contributed by atoms with Gasteiger partial charge in [-0.1, -0.05) is 0 Å². The third-order valence-corrected chi connectivity index (χ3v) is 1.28. The van der Waals surface area contributed by atoms with Gasteiger partial charge in [0.1, 0.15) is 0 Å². The molecule has 13 heavy (non-hydrogen) atoms. The maximum Gasteiger partial charge on any atom is 0.0555 e. The number of rotatable bonds is 8. The van der Waals surface area contributed by atoms with Crippen LogP contribution in [-0.2, 0) is 0 Å². The molecule has 0 saturated heterocycles. The fraction of sp³-hybridized carbons (Fsp3) is 1.00. The first-order valence-corrected chi connectivity index (χ1v) is 4.05. The molecule has 0 aliphatic rings. The average Bonchev–Trinajstić information content (AvgIpc) is 2.03. The summed E-state index contributed by atoms with van der Waals surface area (Å²) in [6.45, 7) is 3.56. The Labute approximate surface area is 91.9 Å². The molecule has 0 radical (unpaired) electrons. The van der Waals surface area contributed by atoms with Crippen LogP contribution in [0, 0.1) is 0 Å². The van der Waals surface area contributed by atoms with Gasteiger partial charge in [0.25, 0.3) is 0 Å². The Morgan fingerprint density at radius 3 is 1.38 bits per heavy atom. The second kappa shape index (κ2) is 18.3. The van der Waals surface area contributed by atoms with Gasteiger partial charge in [0.15, 0.2) is 0 Å². The Morgan fingerprint density at radius 1 is 0.692 bits per heavy atom. The molecule has 0 heterocycles. The van der Waals surface area contributed by atoms with Crippen LogP contribution in [0.25, 0.3) is 0 Å². The predicted molar refractivity (Wildman–Crippen MR) is 59.0 cm³/mol. The highest BCUT2D eigenvalue weighted by atomic mass is 35.5. The van der Waals surface area contributed by atoms with Gasteiger partial charge in [-0.2, -0.15) is 0 Å². The van der Waals surface area contributed by atoms with Crippen molar-refractivity contribution in [2.24, 2.45) is 0 Å². The van der Waals surface area contributed by atoms with Crippen LogP contribution in [0.2, 0.25) is 0 Å². The van der Waals surface area contributed by atoms with E-state index in [2.05, 4.69) is 10.6 Å². The number of halogens is 2. The van der Waals surface area contributed by atoms with E-state index >= 15 is 0 Å². The summed E-state index contributed by atoms with van der Waals surface area (Å²) in [6.07, 6.45) is 1.03. The molecule has 84 valence electrons. The van der Waals surface area contributed by atoms with Crippen molar-refractivity contribution < 1.29 is 10.2 Å². The lowest BCUT2D eigenvalue weighted by Crippen LogP contribution is -2.25. The van der Waals surface area contributed by atoms with Crippen LogP contribution in [0.15, 0.2) is 0 Å². The summed E-state index contributed by atoms with van der Waals surface area (Å²) in [6, 6.07) is 0. The summed E-state index contributed by atoms with van der Waals surface area (Å²) in [5.74, 6) is 0. The minimum Gasteiger partial charge on any atom is -0.395 e. The largest absolute Gasteiger partial charge is 0.395 e. The predicted octanol–water partition coefficient (Wildman–Crippen LogP) is -0.616. The molecule has 0 aromatic heterocycles. The maximum absolute atomic E-state index is 8.40. The van der Waals surface area contributed by atoms with E-state index in [0.717, 1.165) is 19.5 Å². The minimum atomic E-state index is 0. The highest BCUT2D eigenvalue weighted by molar-refractivity contribution is 5.85. The van der Waals surface area contributed by atoms with Crippen molar-refractivity contribution in [3.63, 3.8) is 0 Å². The van der Waals surface area contributed by atoms with Crippen LogP contribution in [-0.4, -0.2) is 49.6 Å². The Hall–Kier alpha value is 0.420. The summed E-state index contributed by atoms with van der Waals surface area (Å²) < 4.78 is 0. The van der Waals surface area contributed by atoms with Crippen molar-refractivity contribution in [1.29, 1.82) is 0 Å². The van der Waals surface area contributed by atoms with E-state index < -0.39 is 0 Å². The van der Waals surface area contributed by atoms with Gasteiger partial charge in [-0.05, 0) is 19.5 Å². The molecule has 4 N–H and O–H groups in total. The van der Waals surface area contributed by atoms with Crippen LogP contribution >= 0.6 is 24.8 Å². The summed E-state index contributed by atoms with van der Waals surface area (Å²) in [5, 5.41) is 22.9. The summed E-state index contributed by atoms with van der Waals surface area (Å²) >= 11 is 0. The Kier molecular flexibility index (Phi) is 26.8. The molecular weight excluding hydrogens is 215 g/mol. The lowest BCUT2D eigenvalue weighted by molar-refractivity contribution is 0.288. The van der Waals surface area contributed by atoms with Crippen LogP contribution in [0.3, 0.4) is 0 Å². The third-order valence-electron chi connectivity index (χ3n) is 1.28. The van der Waals surface area contributed by atoms with E-state index in [1.807, 2.05) is 0 Å². The van der Waals surface area contributed by atoms with E-state index in [1.54, 1.807) is 0 Å². The molecule has 0 aromatic rings. The smallest absolute Gasteiger partial charge is 0.0555 e. The topological polar surface area (TPSA) is 64.5 Å². The normalized spacial score (nSPS) is 8.77. The van der Waals surface area contributed by atoms with Gasteiger partial charge in [-0.25, -0.2) is 0 Å². The average molecular weight is 235 g/mol. The van der Waals surface area contributed by atoms with Crippen molar-refractivity contribution in [2.45, 2.75) is 6.42 Å². The van der Waals surface area contributed by atoms with Gasteiger partial charge in [-0.15, -0.1) is 24.8 Å². The van der Waals surface area contributed by atoms with Gasteiger partial charge in [-0.3, -0.25) is 0 Å². The zero-order valence-corrected chi connectivity index (χ0v) is 9.29. The molecule has 0 amide bonds. The molecule has 0 fully saturated rings. The Morgan fingerprint density at radius 2 is 1.08 bits per heavy atom. The molecule has 0 spiro atoms. The highest BCUT2D eigenvalue weighted by Gasteiger charge is 1.86. The van der Waals surface area contributed by atoms with Crippen molar-refractivity contribution in [2.75, 3.05) is 39.4 Å². The SMILES string of the molecule is Cl.Cl.OCCNCCCNCCO. The van der Waals surface area contributed by atoms with Crippen LogP contribution in [0.1, 0.15) is 6.42 Å². The van der Waals surface area contributed by atoms with Gasteiger partial charge < -0.3 is 20.8 Å². The molecule has 0 unspecified atom stereocenters. The summed E-state index contributed by atoms with van der Waals surface area (Å²) in [7, 11) is 0. The molecule has 0 saturated carbocycles. The van der Waals surface area contributed by atoms with E-state index in [0.29, 0.717) is 13.1 Å². The monoisotopic (exact) mass is 234 g/mol. The molecular formula is C7H20Cl2N2O2. The van der Waals surface area contributed by atoms with E-state index in [1.165, 1.54) is 0 Å². The number of aliphatic hydroxyl groups is 2. The van der Waals surface area contributed by atoms with Gasteiger partial charge in [0, 0.05) is 13.1 Å². The quantitative estimate of drug-likeness (QED) is 0.424. The zero-order chi connectivity index (χ0) is 8.36. The fourth-order valence-electron chi connectivity index (χ4n) is 0.747. The second-order valence-electron chi connectivity index (χ2n) is 2.30. The number of hydrogen-bond donors (Lipinski definition) is 4. The van der Waals surface area contributed by atoms with E-state index in [4.69, 9.17) is 10.2 Å². The van der Waals surface area contributed by atoms with E-state index in [-0.39, 0.29) is 38.0 Å². The third kappa shape index (κ3) is 19.0. The molecule has 0 atom stereocenters. The summed E-state index contributed by atoms with van der Waals surface area (Å²) in [4.78, 5) is 0. The maximum atomic E-state index is 8.40. The lowest BCUT2D eigenvalue weighted by Gasteiger charge is -2.03. The Balaban J connectivity index is -0.000000500. The number of aliphatic hydroxyl groups excluding tert-OH is 2. The van der Waals surface area contributed by atoms with Crippen LogP contribution in [0.5, 0.6) is 0 Å². The highest BCUT2D eigenvalue weighted by Crippen LogP contribution is 1.71. The summed E-state index contributed by atoms with van der Waals surface area (Å²) in [5.41, 5.74) is 0. The standard InChI is InChI=1S/C7H18N2O2.2ClH/c10-6-4-8-2-1-3-9-5-7-11;;/h8-11H,1-7H2;2*1H. The molecule has 0 rings (SSSR count). The molecule has 0 aromatic carbocycles. The minimum absolute atomic E-state index is 0. The molecule has 0 bridgehead atoms. The first-order chi connectivity index (χ1) is 5.41. The fourth-order valence-corrected chi connectivity index (χ4v) is 0.747. The van der Waals surface area contributed by atoms with Gasteiger partial charge in [0.2, 0.25) is 0 Å². The molecule has 0 aliphatic carbocycles. The van der Waals surface area contributed by atoms with Crippen molar-refractivity contribution in [3.8, 4) is 0 Å². The van der Waals surface area contributed by atoms with Crippen molar-refractivity contribution in [1.82, 2.24) is 10.6 Å². The van der Waals surface area contributed by atoms with E-state index in [9.17, 15) is 0 Å². The number of hydrogen-bond acceptors (Lipinski definition) is 4. The van der Waals surface area contributed by atoms with Crippen LogP contribution in [0.4, 0.5) is 0 Å². The van der Waals surface area contributed by atoms with Crippen molar-refractivity contribution >= 4 is 24.8 Å². The van der Waals surface area contributed by atoms with Crippen LogP contribution < -0.4 is 10.6 Å². The van der Waals surface area contributed by atoms with Gasteiger partial charge >= 0.3 is 0 Å². The van der Waals surface area contributed by atoms with Crippen molar-refractivity contribution in [3.05, 3.63) is 0 Å². The second-order valence-corrected chi connectivity index (χ2v) is 2.30. The molecule has 0 aliphatic heterocycles. The first-order valence-electron chi connectivity index (χ1n) is 4.05.